The Bertz CT molecular complexity index is 383. The van der Waals surface area contributed by atoms with E-state index in [0.29, 0.717) is 5.92 Å². The van der Waals surface area contributed by atoms with Crippen LogP contribution in [-0.2, 0) is 5.41 Å². The van der Waals surface area contributed by atoms with Crippen molar-refractivity contribution in [2.24, 2.45) is 4.99 Å². The Labute approximate surface area is 85.9 Å². The van der Waals surface area contributed by atoms with Gasteiger partial charge in [0.25, 0.3) is 0 Å². The van der Waals surface area contributed by atoms with E-state index in [1.54, 1.807) is 0 Å². The average Bonchev–Trinajstić information content (AvgIpc) is 2.46. The number of fused-ring (bicyclic) bond motifs is 1. The lowest BCUT2D eigenvalue weighted by Gasteiger charge is -2.19. The van der Waals surface area contributed by atoms with E-state index in [-0.39, 0.29) is 5.41 Å². The molecule has 1 heterocycles. The van der Waals surface area contributed by atoms with E-state index in [9.17, 15) is 0 Å². The summed E-state index contributed by atoms with van der Waals surface area (Å²) in [6, 6.07) is 6.66. The van der Waals surface area contributed by atoms with Crippen molar-refractivity contribution in [3.05, 3.63) is 29.3 Å². The molecule has 1 aliphatic heterocycles. The molecule has 0 N–H and O–H groups in total. The zero-order chi connectivity index (χ0) is 10.3. The van der Waals surface area contributed by atoms with Crippen LogP contribution in [0.15, 0.2) is 23.2 Å². The van der Waals surface area contributed by atoms with Crippen LogP contribution in [0.5, 0.6) is 0 Å². The van der Waals surface area contributed by atoms with Crippen LogP contribution >= 0.6 is 0 Å². The summed E-state index contributed by atoms with van der Waals surface area (Å²) >= 11 is 0. The molecular weight excluding hydrogens is 170 g/mol. The molecule has 1 aromatic carbocycles. The number of hydrogen-bond donors (Lipinski definition) is 0. The van der Waals surface area contributed by atoms with Gasteiger partial charge in [0.15, 0.2) is 0 Å². The molecule has 0 radical (unpaired) electrons. The fraction of sp³-hybridized carbons (Fsp3) is 0.462. The molecule has 0 amide bonds. The van der Waals surface area contributed by atoms with Gasteiger partial charge < -0.3 is 0 Å². The zero-order valence-corrected chi connectivity index (χ0v) is 9.33. The summed E-state index contributed by atoms with van der Waals surface area (Å²) < 4.78 is 0. The van der Waals surface area contributed by atoms with Crippen LogP contribution in [0.3, 0.4) is 0 Å². The molecule has 2 rings (SSSR count). The van der Waals surface area contributed by atoms with Gasteiger partial charge in [-0.25, -0.2) is 0 Å². The molecule has 0 bridgehead atoms. The molecular formula is C13H17N. The number of aliphatic imine (C=N–C) groups is 1. The van der Waals surface area contributed by atoms with E-state index in [1.807, 2.05) is 6.21 Å². The Balaban J connectivity index is 2.47. The van der Waals surface area contributed by atoms with Gasteiger partial charge in [-0.15, -0.1) is 0 Å². The second kappa shape index (κ2) is 2.94. The van der Waals surface area contributed by atoms with Crippen molar-refractivity contribution in [1.29, 1.82) is 0 Å². The van der Waals surface area contributed by atoms with E-state index >= 15 is 0 Å². The lowest BCUT2D eigenvalue weighted by atomic mass is 9.85. The molecule has 0 fully saturated rings. The molecule has 74 valence electrons. The van der Waals surface area contributed by atoms with Crippen molar-refractivity contribution < 1.29 is 0 Å². The summed E-state index contributed by atoms with van der Waals surface area (Å²) in [6.45, 7) is 8.89. The van der Waals surface area contributed by atoms with Crippen LogP contribution in [-0.4, -0.2) is 6.21 Å². The predicted molar refractivity (Wildman–Crippen MR) is 61.7 cm³/mol. The Hall–Kier alpha value is -1.11. The standard InChI is InChI=1S/C13H17N/c1-9-8-14-12-7-10(13(2,3)4)5-6-11(9)12/h5-9H,1-4H3. The SMILES string of the molecule is CC1C=Nc2cc(C(C)(C)C)ccc21. The van der Waals surface area contributed by atoms with Gasteiger partial charge in [-0.05, 0) is 22.6 Å². The van der Waals surface area contributed by atoms with Crippen LogP contribution in [0.1, 0.15) is 44.7 Å². The molecule has 0 aromatic heterocycles. The first kappa shape index (κ1) is 9.45. The third kappa shape index (κ3) is 1.47. The monoisotopic (exact) mass is 187 g/mol. The lowest BCUT2D eigenvalue weighted by molar-refractivity contribution is 0.590. The Kier molecular flexibility index (Phi) is 1.99. The average molecular weight is 187 g/mol. The molecule has 1 nitrogen and oxygen atoms in total. The molecule has 1 aliphatic rings. The van der Waals surface area contributed by atoms with Crippen LogP contribution in [0.4, 0.5) is 5.69 Å². The van der Waals surface area contributed by atoms with Gasteiger partial charge in [-0.1, -0.05) is 39.8 Å². The largest absolute Gasteiger partial charge is 0.260 e. The first-order chi connectivity index (χ1) is 6.48. The summed E-state index contributed by atoms with van der Waals surface area (Å²) in [5, 5.41) is 0. The van der Waals surface area contributed by atoms with Gasteiger partial charge in [-0.2, -0.15) is 0 Å². The van der Waals surface area contributed by atoms with Crippen molar-refractivity contribution in [3.63, 3.8) is 0 Å². The van der Waals surface area contributed by atoms with Crippen molar-refractivity contribution >= 4 is 11.9 Å². The number of rotatable bonds is 0. The van der Waals surface area contributed by atoms with Crippen molar-refractivity contribution in [2.45, 2.75) is 39.0 Å². The van der Waals surface area contributed by atoms with E-state index in [0.717, 1.165) is 5.69 Å². The molecule has 0 spiro atoms. The predicted octanol–water partition coefficient (Wildman–Crippen LogP) is 3.80. The maximum atomic E-state index is 4.43. The summed E-state index contributed by atoms with van der Waals surface area (Å²) in [4.78, 5) is 4.43. The topological polar surface area (TPSA) is 12.4 Å². The minimum atomic E-state index is 0.219. The molecule has 1 aromatic rings. The van der Waals surface area contributed by atoms with E-state index in [4.69, 9.17) is 0 Å². The highest BCUT2D eigenvalue weighted by atomic mass is 14.8. The van der Waals surface area contributed by atoms with E-state index < -0.39 is 0 Å². The molecule has 1 atom stereocenters. The maximum absolute atomic E-state index is 4.43. The van der Waals surface area contributed by atoms with Crippen molar-refractivity contribution in [2.75, 3.05) is 0 Å². The molecule has 0 saturated carbocycles. The first-order valence-corrected chi connectivity index (χ1v) is 5.17. The maximum Gasteiger partial charge on any atom is 0.0667 e. The fourth-order valence-corrected chi connectivity index (χ4v) is 1.78. The Morgan fingerprint density at radius 1 is 1.21 bits per heavy atom. The Morgan fingerprint density at radius 2 is 1.93 bits per heavy atom. The van der Waals surface area contributed by atoms with Crippen LogP contribution in [0, 0.1) is 0 Å². The second-order valence-corrected chi connectivity index (χ2v) is 5.09. The van der Waals surface area contributed by atoms with Gasteiger partial charge in [0.1, 0.15) is 0 Å². The molecule has 14 heavy (non-hydrogen) atoms. The summed E-state index contributed by atoms with van der Waals surface area (Å²) in [5.74, 6) is 0.485. The number of benzene rings is 1. The van der Waals surface area contributed by atoms with Gasteiger partial charge >= 0.3 is 0 Å². The van der Waals surface area contributed by atoms with E-state index in [1.165, 1.54) is 11.1 Å². The van der Waals surface area contributed by atoms with Gasteiger partial charge in [0.2, 0.25) is 0 Å². The fourth-order valence-electron chi connectivity index (χ4n) is 1.78. The summed E-state index contributed by atoms with van der Waals surface area (Å²) in [5.41, 5.74) is 4.10. The normalized spacial score (nSPS) is 19.9. The minimum Gasteiger partial charge on any atom is -0.260 e. The third-order valence-corrected chi connectivity index (χ3v) is 2.82. The highest BCUT2D eigenvalue weighted by Crippen LogP contribution is 2.35. The quantitative estimate of drug-likeness (QED) is 0.585. The van der Waals surface area contributed by atoms with Crippen LogP contribution in [0.2, 0.25) is 0 Å². The van der Waals surface area contributed by atoms with E-state index in [2.05, 4.69) is 50.9 Å². The minimum absolute atomic E-state index is 0.219. The summed E-state index contributed by atoms with van der Waals surface area (Å²) in [7, 11) is 0. The molecule has 1 unspecified atom stereocenters. The zero-order valence-electron chi connectivity index (χ0n) is 9.33. The van der Waals surface area contributed by atoms with Gasteiger partial charge in [-0.3, -0.25) is 4.99 Å². The number of hydrogen-bond acceptors (Lipinski definition) is 1. The summed E-state index contributed by atoms with van der Waals surface area (Å²) in [6.07, 6.45) is 2.02. The van der Waals surface area contributed by atoms with Crippen molar-refractivity contribution in [3.8, 4) is 0 Å². The Morgan fingerprint density at radius 3 is 2.57 bits per heavy atom. The molecule has 1 heteroatoms. The molecule has 0 aliphatic carbocycles. The van der Waals surface area contributed by atoms with Gasteiger partial charge in [0.05, 0.1) is 5.69 Å². The number of nitrogens with zero attached hydrogens (tertiary/aromatic N) is 1. The third-order valence-electron chi connectivity index (χ3n) is 2.82. The second-order valence-electron chi connectivity index (χ2n) is 5.09. The first-order valence-electron chi connectivity index (χ1n) is 5.17. The highest BCUT2D eigenvalue weighted by Gasteiger charge is 2.19. The van der Waals surface area contributed by atoms with Gasteiger partial charge in [0, 0.05) is 12.1 Å². The van der Waals surface area contributed by atoms with Crippen molar-refractivity contribution in [1.82, 2.24) is 0 Å². The van der Waals surface area contributed by atoms with Crippen LogP contribution < -0.4 is 0 Å². The van der Waals surface area contributed by atoms with Crippen LogP contribution in [0.25, 0.3) is 0 Å². The smallest absolute Gasteiger partial charge is 0.0667 e. The molecule has 0 saturated heterocycles. The highest BCUT2D eigenvalue weighted by molar-refractivity contribution is 5.80. The lowest BCUT2D eigenvalue weighted by Crippen LogP contribution is -2.10.